The van der Waals surface area contributed by atoms with E-state index in [1.54, 1.807) is 12.1 Å². The summed E-state index contributed by atoms with van der Waals surface area (Å²) >= 11 is -0.278. The second kappa shape index (κ2) is 15.5. The molecule has 2 fully saturated rings. The van der Waals surface area contributed by atoms with E-state index < -0.39 is 15.5 Å². The van der Waals surface area contributed by atoms with Crippen LogP contribution in [-0.4, -0.2) is 63.0 Å². The van der Waals surface area contributed by atoms with Gasteiger partial charge in [0, 0.05) is 29.4 Å². The highest BCUT2D eigenvalue weighted by molar-refractivity contribution is 8.00. The van der Waals surface area contributed by atoms with Crippen molar-refractivity contribution in [2.75, 3.05) is 49.7 Å². The molecule has 0 aliphatic carbocycles. The number of alkyl halides is 3. The molecule has 2 aliphatic rings. The molecule has 2 aliphatic heterocycles. The van der Waals surface area contributed by atoms with Gasteiger partial charge in [-0.15, -0.1) is 0 Å². The molecular formula is C33H43F3N4O2S2. The molecule has 2 atom stereocenters. The molecule has 0 saturated carbocycles. The number of nitrogens with zero attached hydrogens (tertiary/aromatic N) is 2. The molecule has 0 radical (unpaired) electrons. The van der Waals surface area contributed by atoms with Crippen molar-refractivity contribution in [3.8, 4) is 0 Å². The van der Waals surface area contributed by atoms with Gasteiger partial charge in [-0.05, 0) is 135 Å². The van der Waals surface area contributed by atoms with Crippen molar-refractivity contribution in [3.05, 3.63) is 83.9 Å². The third kappa shape index (κ3) is 10.2. The van der Waals surface area contributed by atoms with Crippen LogP contribution in [0.25, 0.3) is 0 Å². The van der Waals surface area contributed by atoms with Crippen LogP contribution >= 0.6 is 11.8 Å². The minimum atomic E-state index is -4.41. The Morgan fingerprint density at radius 2 is 1.27 bits per heavy atom. The summed E-state index contributed by atoms with van der Waals surface area (Å²) in [5, 5.41) is 0. The van der Waals surface area contributed by atoms with Crippen molar-refractivity contribution in [2.45, 2.75) is 66.7 Å². The molecule has 2 heterocycles. The van der Waals surface area contributed by atoms with E-state index in [0.29, 0.717) is 11.6 Å². The summed E-state index contributed by atoms with van der Waals surface area (Å²) in [6.45, 7) is 11.3. The minimum Gasteiger partial charge on any atom is -0.399 e. The van der Waals surface area contributed by atoms with E-state index in [9.17, 15) is 21.6 Å². The molecule has 5 rings (SSSR count). The first kappa shape index (κ1) is 34.1. The van der Waals surface area contributed by atoms with Crippen LogP contribution in [0.5, 0.6) is 0 Å². The van der Waals surface area contributed by atoms with Crippen LogP contribution in [0.2, 0.25) is 0 Å². The van der Waals surface area contributed by atoms with Gasteiger partial charge in [-0.2, -0.15) is 13.2 Å². The standard InChI is InChI=1S/C20H23F3N2O2S2.C13H20N2/c1-2-12-25-13-11-16(14-25)15-3-5-17(6-4-15)24-29(26,27)19-9-7-18(8-10-19)28-20(21,22)23;1-2-8-15-9-7-12(10-15)11-3-5-13(14)6-4-11/h3-10,16,24H,2,11-14H2,1H3;3-6,12H,2,7-10,14H2,1H3/t16-;12-/m11/s1. The van der Waals surface area contributed by atoms with Crippen LogP contribution in [0.3, 0.4) is 0 Å². The summed E-state index contributed by atoms with van der Waals surface area (Å²) in [7, 11) is -3.87. The van der Waals surface area contributed by atoms with Crippen molar-refractivity contribution >= 4 is 33.2 Å². The van der Waals surface area contributed by atoms with E-state index in [-0.39, 0.29) is 21.6 Å². The van der Waals surface area contributed by atoms with E-state index in [4.69, 9.17) is 5.73 Å². The van der Waals surface area contributed by atoms with Crippen LogP contribution in [0.1, 0.15) is 62.5 Å². The third-order valence-electron chi connectivity index (χ3n) is 8.03. The number of thioether (sulfide) groups is 1. The van der Waals surface area contributed by atoms with E-state index in [1.165, 1.54) is 55.7 Å². The molecule has 44 heavy (non-hydrogen) atoms. The van der Waals surface area contributed by atoms with Gasteiger partial charge in [0.15, 0.2) is 0 Å². The van der Waals surface area contributed by atoms with Crippen molar-refractivity contribution < 1.29 is 21.6 Å². The van der Waals surface area contributed by atoms with Crippen molar-refractivity contribution in [1.29, 1.82) is 0 Å². The Balaban J connectivity index is 0.000000246. The Kier molecular flexibility index (Phi) is 12.0. The van der Waals surface area contributed by atoms with E-state index in [0.717, 1.165) is 56.2 Å². The van der Waals surface area contributed by atoms with Gasteiger partial charge < -0.3 is 15.5 Å². The van der Waals surface area contributed by atoms with Crippen molar-refractivity contribution in [1.82, 2.24) is 9.80 Å². The molecule has 3 aromatic rings. The molecule has 3 aromatic carbocycles. The molecular weight excluding hydrogens is 606 g/mol. The smallest absolute Gasteiger partial charge is 0.399 e. The average molecular weight is 649 g/mol. The number of nitrogens with two attached hydrogens (primary N) is 1. The lowest BCUT2D eigenvalue weighted by molar-refractivity contribution is -0.0328. The van der Waals surface area contributed by atoms with Gasteiger partial charge >= 0.3 is 5.51 Å². The van der Waals surface area contributed by atoms with Gasteiger partial charge in [-0.1, -0.05) is 38.1 Å². The highest BCUT2D eigenvalue weighted by atomic mass is 32.2. The number of rotatable bonds is 10. The molecule has 0 unspecified atom stereocenters. The molecule has 3 N–H and O–H groups in total. The fraction of sp³-hybridized carbons (Fsp3) is 0.455. The van der Waals surface area contributed by atoms with Crippen molar-refractivity contribution in [3.63, 3.8) is 0 Å². The molecule has 2 saturated heterocycles. The summed E-state index contributed by atoms with van der Waals surface area (Å²) in [5.41, 5.74) is 5.19. The van der Waals surface area contributed by atoms with E-state index in [1.807, 2.05) is 24.3 Å². The van der Waals surface area contributed by atoms with Crippen LogP contribution in [0, 0.1) is 0 Å². The minimum absolute atomic E-state index is 0.0607. The first-order chi connectivity index (χ1) is 21.0. The number of nitrogen functional groups attached to an aromatic ring is 1. The SMILES string of the molecule is CCCN1CC[C@@H](c2ccc(N)cc2)C1.CCCN1CC[C@@H](c2ccc(NS(=O)(=O)c3ccc(SC(F)(F)F)cc3)cc2)C1. The molecule has 6 nitrogen and oxygen atoms in total. The average Bonchev–Trinajstić information content (AvgIpc) is 3.64. The predicted molar refractivity (Wildman–Crippen MR) is 175 cm³/mol. The van der Waals surface area contributed by atoms with E-state index in [2.05, 4.69) is 40.5 Å². The fourth-order valence-corrected chi connectivity index (χ4v) is 7.47. The zero-order chi connectivity index (χ0) is 31.7. The Bertz CT molecular complexity index is 1420. The maximum Gasteiger partial charge on any atom is 0.446 e. The summed E-state index contributed by atoms with van der Waals surface area (Å²) in [5.74, 6) is 1.17. The number of sulfonamides is 1. The van der Waals surface area contributed by atoms with Crippen LogP contribution in [0.4, 0.5) is 24.5 Å². The summed E-state index contributed by atoms with van der Waals surface area (Å²) in [4.78, 5) is 4.84. The summed E-state index contributed by atoms with van der Waals surface area (Å²) in [6.07, 6.45) is 4.77. The first-order valence-electron chi connectivity index (χ1n) is 15.2. The number of nitrogens with one attached hydrogen (secondary N) is 1. The van der Waals surface area contributed by atoms with Crippen LogP contribution < -0.4 is 10.5 Å². The topological polar surface area (TPSA) is 78.7 Å². The molecule has 240 valence electrons. The Morgan fingerprint density at radius 1 is 0.795 bits per heavy atom. The maximum atomic E-state index is 12.5. The largest absolute Gasteiger partial charge is 0.446 e. The first-order valence-corrected chi connectivity index (χ1v) is 17.5. The van der Waals surface area contributed by atoms with Gasteiger partial charge in [-0.3, -0.25) is 4.72 Å². The number of benzene rings is 3. The number of halogens is 3. The number of anilines is 2. The number of hydrogen-bond acceptors (Lipinski definition) is 6. The highest BCUT2D eigenvalue weighted by Gasteiger charge is 2.29. The lowest BCUT2D eigenvalue weighted by Crippen LogP contribution is -2.20. The Hall–Kier alpha value is -2.73. The monoisotopic (exact) mass is 648 g/mol. The normalized spacial score (nSPS) is 19.5. The van der Waals surface area contributed by atoms with Crippen LogP contribution in [-0.2, 0) is 10.0 Å². The van der Waals surface area contributed by atoms with Gasteiger partial charge in [0.25, 0.3) is 10.0 Å². The quantitative estimate of drug-likeness (QED) is 0.173. The zero-order valence-electron chi connectivity index (χ0n) is 25.4. The van der Waals surface area contributed by atoms with Gasteiger partial charge in [0.1, 0.15) is 0 Å². The van der Waals surface area contributed by atoms with Gasteiger partial charge in [-0.25, -0.2) is 8.42 Å². The third-order valence-corrected chi connectivity index (χ3v) is 10.2. The highest BCUT2D eigenvalue weighted by Crippen LogP contribution is 2.37. The summed E-state index contributed by atoms with van der Waals surface area (Å²) in [6, 6.07) is 20.3. The molecule has 0 spiro atoms. The molecule has 0 amide bonds. The lowest BCUT2D eigenvalue weighted by Gasteiger charge is -2.15. The van der Waals surface area contributed by atoms with Gasteiger partial charge in [0.05, 0.1) is 4.90 Å². The van der Waals surface area contributed by atoms with Crippen molar-refractivity contribution in [2.24, 2.45) is 0 Å². The predicted octanol–water partition coefficient (Wildman–Crippen LogP) is 7.77. The fourth-order valence-electron chi connectivity index (χ4n) is 5.87. The Morgan fingerprint density at radius 3 is 1.73 bits per heavy atom. The number of hydrogen-bond donors (Lipinski definition) is 2. The summed E-state index contributed by atoms with van der Waals surface area (Å²) < 4.78 is 64.7. The zero-order valence-corrected chi connectivity index (χ0v) is 27.0. The Labute approximate surface area is 264 Å². The molecule has 0 aromatic heterocycles. The molecule has 0 bridgehead atoms. The second-order valence-corrected chi connectivity index (χ2v) is 14.3. The van der Waals surface area contributed by atoms with Crippen LogP contribution in [0.15, 0.2) is 82.6 Å². The number of likely N-dealkylation sites (tertiary alicyclic amines) is 2. The second-order valence-electron chi connectivity index (χ2n) is 11.5. The lowest BCUT2D eigenvalue weighted by atomic mass is 9.98. The van der Waals surface area contributed by atoms with E-state index >= 15 is 0 Å². The van der Waals surface area contributed by atoms with Gasteiger partial charge in [0.2, 0.25) is 0 Å². The maximum absolute atomic E-state index is 12.5. The molecule has 11 heteroatoms.